The van der Waals surface area contributed by atoms with Crippen LogP contribution in [0.2, 0.25) is 0 Å². The molecule has 0 bridgehead atoms. The predicted octanol–water partition coefficient (Wildman–Crippen LogP) is 1.30. The summed E-state index contributed by atoms with van der Waals surface area (Å²) in [4.78, 5) is 19.0. The first-order chi connectivity index (χ1) is 11.8. The van der Waals surface area contributed by atoms with Crippen LogP contribution in [0.1, 0.15) is 16.3 Å². The maximum absolute atomic E-state index is 12.0. The second-order valence-electron chi connectivity index (χ2n) is 6.01. The summed E-state index contributed by atoms with van der Waals surface area (Å²) in [6.45, 7) is 5.83. The standard InChI is InChI=1S/C18H24N4OS/c23-17(20-8-11-22-9-6-19-7-10-22)13-16-14-24-18(21-16)12-15-4-2-1-3-5-15/h1-5,14,19H,6-13H2,(H,20,23). The van der Waals surface area contributed by atoms with E-state index in [1.807, 2.05) is 23.6 Å². The molecule has 0 spiro atoms. The van der Waals surface area contributed by atoms with E-state index in [1.165, 1.54) is 5.56 Å². The predicted molar refractivity (Wildman–Crippen MR) is 97.4 cm³/mol. The third-order valence-corrected chi connectivity index (χ3v) is 5.00. The minimum atomic E-state index is 0.0571. The van der Waals surface area contributed by atoms with E-state index in [0.717, 1.165) is 49.8 Å². The van der Waals surface area contributed by atoms with Crippen LogP contribution in [0.15, 0.2) is 35.7 Å². The lowest BCUT2D eigenvalue weighted by Gasteiger charge is -2.27. The average molecular weight is 344 g/mol. The molecular weight excluding hydrogens is 320 g/mol. The lowest BCUT2D eigenvalue weighted by atomic mass is 10.2. The first kappa shape index (κ1) is 17.1. The molecule has 2 aromatic rings. The lowest BCUT2D eigenvalue weighted by molar-refractivity contribution is -0.120. The third-order valence-electron chi connectivity index (χ3n) is 4.10. The van der Waals surface area contributed by atoms with Crippen molar-refractivity contribution in [3.63, 3.8) is 0 Å². The van der Waals surface area contributed by atoms with Gasteiger partial charge in [-0.1, -0.05) is 30.3 Å². The summed E-state index contributed by atoms with van der Waals surface area (Å²) < 4.78 is 0. The molecule has 2 N–H and O–H groups in total. The number of rotatable bonds is 7. The zero-order valence-electron chi connectivity index (χ0n) is 13.8. The summed E-state index contributed by atoms with van der Waals surface area (Å²) >= 11 is 1.63. The van der Waals surface area contributed by atoms with Crippen LogP contribution in [0.25, 0.3) is 0 Å². The highest BCUT2D eigenvalue weighted by molar-refractivity contribution is 7.09. The Morgan fingerprint density at radius 3 is 2.83 bits per heavy atom. The van der Waals surface area contributed by atoms with Gasteiger partial charge in [-0.15, -0.1) is 11.3 Å². The molecule has 1 saturated heterocycles. The monoisotopic (exact) mass is 344 g/mol. The van der Waals surface area contributed by atoms with Gasteiger partial charge in [0.1, 0.15) is 0 Å². The Labute approximate surface area is 147 Å². The first-order valence-corrected chi connectivity index (χ1v) is 9.34. The number of aromatic nitrogens is 1. The zero-order chi connectivity index (χ0) is 16.6. The number of carbonyl (C=O) groups excluding carboxylic acids is 1. The van der Waals surface area contributed by atoms with Gasteiger partial charge in [0.2, 0.25) is 5.91 Å². The Balaban J connectivity index is 1.40. The van der Waals surface area contributed by atoms with Crippen molar-refractivity contribution >= 4 is 17.2 Å². The number of carbonyl (C=O) groups is 1. The van der Waals surface area contributed by atoms with Crippen molar-refractivity contribution in [3.8, 4) is 0 Å². The fourth-order valence-corrected chi connectivity index (χ4v) is 3.63. The van der Waals surface area contributed by atoms with Crippen molar-refractivity contribution in [2.24, 2.45) is 0 Å². The van der Waals surface area contributed by atoms with Crippen molar-refractivity contribution in [2.75, 3.05) is 39.3 Å². The van der Waals surface area contributed by atoms with E-state index >= 15 is 0 Å². The normalized spacial score (nSPS) is 15.3. The Bertz CT molecular complexity index is 637. The summed E-state index contributed by atoms with van der Waals surface area (Å²) in [5, 5.41) is 9.39. The van der Waals surface area contributed by atoms with Crippen molar-refractivity contribution in [1.29, 1.82) is 0 Å². The van der Waals surface area contributed by atoms with Crippen LogP contribution in [-0.2, 0) is 17.6 Å². The van der Waals surface area contributed by atoms with Crippen LogP contribution in [0.4, 0.5) is 0 Å². The van der Waals surface area contributed by atoms with Gasteiger partial charge < -0.3 is 10.6 Å². The first-order valence-electron chi connectivity index (χ1n) is 8.46. The second kappa shape index (κ2) is 8.92. The summed E-state index contributed by atoms with van der Waals surface area (Å²) in [6.07, 6.45) is 1.20. The van der Waals surface area contributed by atoms with Gasteiger partial charge in [0.25, 0.3) is 0 Å². The molecule has 0 aliphatic carbocycles. The van der Waals surface area contributed by atoms with Crippen LogP contribution in [-0.4, -0.2) is 55.1 Å². The third kappa shape index (κ3) is 5.40. The lowest BCUT2D eigenvalue weighted by Crippen LogP contribution is -2.46. The smallest absolute Gasteiger partial charge is 0.226 e. The highest BCUT2D eigenvalue weighted by atomic mass is 32.1. The van der Waals surface area contributed by atoms with E-state index in [4.69, 9.17) is 0 Å². The minimum absolute atomic E-state index is 0.0571. The molecule has 0 radical (unpaired) electrons. The molecule has 128 valence electrons. The van der Waals surface area contributed by atoms with Crippen molar-refractivity contribution in [3.05, 3.63) is 52.0 Å². The van der Waals surface area contributed by atoms with E-state index in [0.29, 0.717) is 13.0 Å². The Morgan fingerprint density at radius 1 is 1.25 bits per heavy atom. The summed E-state index contributed by atoms with van der Waals surface area (Å²) in [5.74, 6) is 0.0571. The molecule has 0 saturated carbocycles. The maximum Gasteiger partial charge on any atom is 0.226 e. The Morgan fingerprint density at radius 2 is 2.04 bits per heavy atom. The molecule has 3 rings (SSSR count). The molecule has 1 aromatic heterocycles. The molecule has 1 aliphatic rings. The van der Waals surface area contributed by atoms with E-state index in [1.54, 1.807) is 11.3 Å². The van der Waals surface area contributed by atoms with Gasteiger partial charge in [-0.3, -0.25) is 9.69 Å². The van der Waals surface area contributed by atoms with Gasteiger partial charge in [-0.25, -0.2) is 4.98 Å². The van der Waals surface area contributed by atoms with Crippen LogP contribution < -0.4 is 10.6 Å². The highest BCUT2D eigenvalue weighted by Crippen LogP contribution is 2.15. The summed E-state index contributed by atoms with van der Waals surface area (Å²) in [6, 6.07) is 10.3. The van der Waals surface area contributed by atoms with E-state index in [-0.39, 0.29) is 5.91 Å². The van der Waals surface area contributed by atoms with E-state index in [9.17, 15) is 4.79 Å². The van der Waals surface area contributed by atoms with E-state index in [2.05, 4.69) is 32.7 Å². The molecule has 1 amide bonds. The molecule has 1 fully saturated rings. The van der Waals surface area contributed by atoms with Crippen LogP contribution in [0.3, 0.4) is 0 Å². The SMILES string of the molecule is O=C(Cc1csc(Cc2ccccc2)n1)NCCN1CCNCC1. The van der Waals surface area contributed by atoms with Crippen LogP contribution >= 0.6 is 11.3 Å². The number of hydrogen-bond donors (Lipinski definition) is 2. The maximum atomic E-state index is 12.0. The van der Waals surface area contributed by atoms with Gasteiger partial charge >= 0.3 is 0 Å². The zero-order valence-corrected chi connectivity index (χ0v) is 14.6. The molecule has 0 atom stereocenters. The molecule has 0 unspecified atom stereocenters. The van der Waals surface area contributed by atoms with Crippen LogP contribution in [0, 0.1) is 0 Å². The molecular formula is C18H24N4OS. The number of amides is 1. The van der Waals surface area contributed by atoms with Gasteiger partial charge in [-0.05, 0) is 5.56 Å². The molecule has 24 heavy (non-hydrogen) atoms. The average Bonchev–Trinajstić information content (AvgIpc) is 3.03. The Kier molecular flexibility index (Phi) is 6.34. The number of nitrogens with one attached hydrogen (secondary N) is 2. The molecule has 1 aliphatic heterocycles. The summed E-state index contributed by atoms with van der Waals surface area (Å²) in [5.41, 5.74) is 2.12. The minimum Gasteiger partial charge on any atom is -0.354 e. The number of benzene rings is 1. The number of hydrogen-bond acceptors (Lipinski definition) is 5. The van der Waals surface area contributed by atoms with Crippen molar-refractivity contribution in [1.82, 2.24) is 20.5 Å². The van der Waals surface area contributed by atoms with E-state index < -0.39 is 0 Å². The fourth-order valence-electron chi connectivity index (χ4n) is 2.80. The van der Waals surface area contributed by atoms with Crippen molar-refractivity contribution in [2.45, 2.75) is 12.8 Å². The molecule has 6 heteroatoms. The fraction of sp³-hybridized carbons (Fsp3) is 0.444. The largest absolute Gasteiger partial charge is 0.354 e. The van der Waals surface area contributed by atoms with Gasteiger partial charge in [0.05, 0.1) is 17.1 Å². The number of piperazine rings is 1. The van der Waals surface area contributed by atoms with Gasteiger partial charge in [0, 0.05) is 51.1 Å². The topological polar surface area (TPSA) is 57.3 Å². The molecule has 5 nitrogen and oxygen atoms in total. The molecule has 2 heterocycles. The Hall–Kier alpha value is -1.76. The van der Waals surface area contributed by atoms with Gasteiger partial charge in [-0.2, -0.15) is 0 Å². The second-order valence-corrected chi connectivity index (χ2v) is 6.96. The van der Waals surface area contributed by atoms with Gasteiger partial charge in [0.15, 0.2) is 0 Å². The molecule has 1 aromatic carbocycles. The highest BCUT2D eigenvalue weighted by Gasteiger charge is 2.11. The summed E-state index contributed by atoms with van der Waals surface area (Å²) in [7, 11) is 0. The van der Waals surface area contributed by atoms with Crippen LogP contribution in [0.5, 0.6) is 0 Å². The van der Waals surface area contributed by atoms with Crippen molar-refractivity contribution < 1.29 is 4.79 Å². The number of nitrogens with zero attached hydrogens (tertiary/aromatic N) is 2. The quantitative estimate of drug-likeness (QED) is 0.795. The number of thiazole rings is 1.